The third kappa shape index (κ3) is 5.25. The van der Waals surface area contributed by atoms with Gasteiger partial charge in [-0.2, -0.15) is 0 Å². The highest BCUT2D eigenvalue weighted by Crippen LogP contribution is 2.51. The molecule has 2 nitrogen and oxygen atoms in total. The van der Waals surface area contributed by atoms with Crippen molar-refractivity contribution in [2.45, 2.75) is 32.1 Å². The Hall–Kier alpha value is -6.90. The molecule has 0 N–H and O–H groups in total. The topological polar surface area (TPSA) is 8.17 Å². The quantitative estimate of drug-likeness (QED) is 0.165. The van der Waals surface area contributed by atoms with Crippen molar-refractivity contribution in [3.63, 3.8) is 0 Å². The second-order valence-electron chi connectivity index (χ2n) is 16.4. The molecule has 0 amide bonds. The van der Waals surface area contributed by atoms with E-state index in [-0.39, 0.29) is 5.41 Å². The summed E-state index contributed by atoms with van der Waals surface area (Å²) in [6, 6.07) is 64.9. The van der Waals surface area contributed by atoms with E-state index in [1.54, 1.807) is 0 Å². The molecule has 0 atom stereocenters. The fourth-order valence-electron chi connectivity index (χ4n) is 10.1. The molecule has 0 radical (unpaired) electrons. The summed E-state index contributed by atoms with van der Waals surface area (Å²) < 4.78 is 2.46. The third-order valence-corrected chi connectivity index (χ3v) is 12.9. The molecule has 9 aromatic rings. The van der Waals surface area contributed by atoms with E-state index in [1.165, 1.54) is 88.6 Å². The highest BCUT2D eigenvalue weighted by atomic mass is 15.1. The summed E-state index contributed by atoms with van der Waals surface area (Å²) in [4.78, 5) is 2.42. The molecule has 278 valence electrons. The van der Waals surface area contributed by atoms with E-state index < -0.39 is 0 Å². The van der Waals surface area contributed by atoms with Crippen molar-refractivity contribution < 1.29 is 0 Å². The maximum absolute atomic E-state index is 2.46. The van der Waals surface area contributed by atoms with Crippen LogP contribution in [0.25, 0.3) is 72.4 Å². The van der Waals surface area contributed by atoms with E-state index in [2.05, 4.69) is 218 Å². The minimum Gasteiger partial charge on any atom is -0.343 e. The summed E-state index contributed by atoms with van der Waals surface area (Å²) in [5.41, 5.74) is 20.2. The molecule has 0 saturated carbocycles. The van der Waals surface area contributed by atoms with Crippen molar-refractivity contribution >= 4 is 44.8 Å². The van der Waals surface area contributed by atoms with Gasteiger partial charge in [-0.25, -0.2) is 0 Å². The van der Waals surface area contributed by atoms with Crippen LogP contribution in [0.3, 0.4) is 0 Å². The van der Waals surface area contributed by atoms with Gasteiger partial charge in [0.1, 0.15) is 0 Å². The van der Waals surface area contributed by atoms with Gasteiger partial charge in [0, 0.05) is 45.9 Å². The van der Waals surface area contributed by atoms with Gasteiger partial charge >= 0.3 is 0 Å². The van der Waals surface area contributed by atoms with Crippen LogP contribution in [0.15, 0.2) is 182 Å². The summed E-state index contributed by atoms with van der Waals surface area (Å²) in [5, 5.41) is 4.03. The maximum atomic E-state index is 2.46. The number of fused-ring (bicyclic) bond motifs is 9. The predicted molar refractivity (Wildman–Crippen MR) is 246 cm³/mol. The lowest BCUT2D eigenvalue weighted by atomic mass is 9.82. The van der Waals surface area contributed by atoms with Crippen molar-refractivity contribution in [2.24, 2.45) is 7.05 Å². The summed E-state index contributed by atoms with van der Waals surface area (Å²) in [6.07, 6.45) is 6.87. The third-order valence-electron chi connectivity index (χ3n) is 12.9. The molecule has 11 rings (SSSR count). The minimum absolute atomic E-state index is 0.102. The van der Waals surface area contributed by atoms with Crippen LogP contribution in [-0.2, 0) is 18.9 Å². The Morgan fingerprint density at radius 1 is 0.517 bits per heavy atom. The molecular formula is C56H44N2. The largest absolute Gasteiger partial charge is 0.343 e. The highest BCUT2D eigenvalue weighted by molar-refractivity contribution is 6.19. The maximum Gasteiger partial charge on any atom is 0.0575 e. The highest BCUT2D eigenvalue weighted by Gasteiger charge is 2.36. The number of anilines is 3. The van der Waals surface area contributed by atoms with E-state index in [0.717, 1.165) is 29.9 Å². The number of allylic oxidation sites excluding steroid dienone is 1. The van der Waals surface area contributed by atoms with Crippen LogP contribution in [0.4, 0.5) is 17.1 Å². The van der Waals surface area contributed by atoms with Gasteiger partial charge in [-0.1, -0.05) is 166 Å². The van der Waals surface area contributed by atoms with E-state index in [9.17, 15) is 0 Å². The minimum atomic E-state index is -0.102. The molecule has 2 heteroatoms. The lowest BCUT2D eigenvalue weighted by Crippen LogP contribution is -2.16. The molecule has 0 bridgehead atoms. The van der Waals surface area contributed by atoms with E-state index in [4.69, 9.17) is 0 Å². The number of hydrogen-bond donors (Lipinski definition) is 0. The van der Waals surface area contributed by atoms with Crippen LogP contribution >= 0.6 is 0 Å². The molecule has 0 aliphatic heterocycles. The number of benzene rings is 8. The molecule has 0 spiro atoms. The Morgan fingerprint density at radius 2 is 1.09 bits per heavy atom. The SMILES string of the molecule is Cn1c(-c2ccc(N(c3ccc(-c4ccccc4)cc3)c3ccc4c(c3)C(C)(C)c3ccccc3-4)cc2)c(-c2ccccc2)c2c3c(c4ccccc4c21)CCC=C3. The van der Waals surface area contributed by atoms with E-state index >= 15 is 0 Å². The average molecular weight is 745 g/mol. The molecule has 2 aliphatic carbocycles. The first-order chi connectivity index (χ1) is 28.5. The smallest absolute Gasteiger partial charge is 0.0575 e. The Balaban J connectivity index is 1.09. The lowest BCUT2D eigenvalue weighted by Gasteiger charge is -2.28. The zero-order chi connectivity index (χ0) is 39.0. The van der Waals surface area contributed by atoms with Gasteiger partial charge < -0.3 is 9.47 Å². The molecule has 1 aromatic heterocycles. The molecule has 0 unspecified atom stereocenters. The van der Waals surface area contributed by atoms with Crippen molar-refractivity contribution in [3.8, 4) is 44.6 Å². The standard InChI is InChI=1S/C56H44N2/c1-56(2)50-25-15-14-22-46(50)47-35-34-43(36-51(47)56)58(41-30-26-38(27-31-41)37-16-6-4-7-17-37)42-32-28-40(29-33-42)54-52(39-18-8-5-9-19-39)53-48-23-12-10-20-44(48)45-21-11-13-24-49(45)55(53)57(54)3/h4-9,11-19,21-36H,10,20H2,1-3H3. The first-order valence-corrected chi connectivity index (χ1v) is 20.6. The molecule has 2 aliphatic rings. The second kappa shape index (κ2) is 13.4. The van der Waals surface area contributed by atoms with Crippen LogP contribution in [0.1, 0.15) is 42.5 Å². The summed E-state index contributed by atoms with van der Waals surface area (Å²) in [5.74, 6) is 0. The lowest BCUT2D eigenvalue weighted by molar-refractivity contribution is 0.660. The Kier molecular flexibility index (Phi) is 7.91. The number of nitrogens with zero attached hydrogens (tertiary/aromatic N) is 2. The fourth-order valence-corrected chi connectivity index (χ4v) is 10.1. The average Bonchev–Trinajstić information content (AvgIpc) is 3.72. The van der Waals surface area contributed by atoms with Gasteiger partial charge in [-0.15, -0.1) is 0 Å². The van der Waals surface area contributed by atoms with Crippen LogP contribution in [0.2, 0.25) is 0 Å². The van der Waals surface area contributed by atoms with Crippen LogP contribution in [0, 0.1) is 0 Å². The monoisotopic (exact) mass is 744 g/mol. The van der Waals surface area contributed by atoms with Gasteiger partial charge in [0.2, 0.25) is 0 Å². The van der Waals surface area contributed by atoms with Crippen molar-refractivity contribution in [3.05, 3.63) is 204 Å². The zero-order valence-corrected chi connectivity index (χ0v) is 33.2. The van der Waals surface area contributed by atoms with Gasteiger partial charge in [0.25, 0.3) is 0 Å². The Morgan fingerprint density at radius 3 is 1.81 bits per heavy atom. The van der Waals surface area contributed by atoms with Gasteiger partial charge in [-0.05, 0) is 110 Å². The molecule has 58 heavy (non-hydrogen) atoms. The normalized spacial score (nSPS) is 13.7. The number of aryl methyl sites for hydroxylation is 2. The Labute approximate surface area is 341 Å². The van der Waals surface area contributed by atoms with Crippen LogP contribution in [0.5, 0.6) is 0 Å². The molecule has 8 aromatic carbocycles. The number of aromatic nitrogens is 1. The van der Waals surface area contributed by atoms with E-state index in [1.807, 2.05) is 0 Å². The Bertz CT molecular complexity index is 3060. The first kappa shape index (κ1) is 34.4. The first-order valence-electron chi connectivity index (χ1n) is 20.6. The summed E-state index contributed by atoms with van der Waals surface area (Å²) in [6.45, 7) is 4.72. The van der Waals surface area contributed by atoms with E-state index in [0.29, 0.717) is 0 Å². The van der Waals surface area contributed by atoms with Crippen LogP contribution in [-0.4, -0.2) is 4.57 Å². The predicted octanol–water partition coefficient (Wildman–Crippen LogP) is 15.1. The van der Waals surface area contributed by atoms with Gasteiger partial charge in [-0.3, -0.25) is 0 Å². The van der Waals surface area contributed by atoms with Crippen molar-refractivity contribution in [2.75, 3.05) is 4.90 Å². The molecule has 1 heterocycles. The second-order valence-corrected chi connectivity index (χ2v) is 16.4. The molecule has 0 fully saturated rings. The van der Waals surface area contributed by atoms with Gasteiger partial charge in [0.15, 0.2) is 0 Å². The van der Waals surface area contributed by atoms with Crippen molar-refractivity contribution in [1.29, 1.82) is 0 Å². The number of rotatable bonds is 6. The number of hydrogen-bond acceptors (Lipinski definition) is 1. The molecule has 0 saturated heterocycles. The zero-order valence-electron chi connectivity index (χ0n) is 33.2. The molecular weight excluding hydrogens is 701 g/mol. The van der Waals surface area contributed by atoms with Gasteiger partial charge in [0.05, 0.1) is 11.2 Å². The fraction of sp³-hybridized carbons (Fsp3) is 0.107. The summed E-state index contributed by atoms with van der Waals surface area (Å²) >= 11 is 0. The van der Waals surface area contributed by atoms with Crippen molar-refractivity contribution in [1.82, 2.24) is 4.57 Å². The summed E-state index contributed by atoms with van der Waals surface area (Å²) in [7, 11) is 2.26. The van der Waals surface area contributed by atoms with Crippen LogP contribution < -0.4 is 4.90 Å².